The van der Waals surface area contributed by atoms with Crippen LogP contribution in [0.3, 0.4) is 0 Å². The maximum atomic E-state index is 12.2. The number of carboxylic acid groups (broad SMARTS) is 1. The van der Waals surface area contributed by atoms with Crippen molar-refractivity contribution < 1.29 is 19.4 Å². The van der Waals surface area contributed by atoms with Crippen LogP contribution >= 0.6 is 0 Å². The minimum absolute atomic E-state index is 0.138. The van der Waals surface area contributed by atoms with E-state index in [1.165, 1.54) is 0 Å². The first-order valence-corrected chi connectivity index (χ1v) is 9.87. The van der Waals surface area contributed by atoms with Gasteiger partial charge in [-0.3, -0.25) is 9.59 Å². The van der Waals surface area contributed by atoms with Crippen molar-refractivity contribution in [1.82, 2.24) is 5.32 Å². The topological polar surface area (TPSA) is 114 Å². The fourth-order valence-electron chi connectivity index (χ4n) is 2.77. The Morgan fingerprint density at radius 1 is 0.931 bits per heavy atom. The summed E-state index contributed by atoms with van der Waals surface area (Å²) >= 11 is 0. The highest BCUT2D eigenvalue weighted by atomic mass is 16.5. The summed E-state index contributed by atoms with van der Waals surface area (Å²) in [7, 11) is 0. The van der Waals surface area contributed by atoms with Gasteiger partial charge in [0, 0.05) is 5.69 Å². The summed E-state index contributed by atoms with van der Waals surface area (Å²) in [5, 5.41) is 15.0. The zero-order valence-corrected chi connectivity index (χ0v) is 16.5. The van der Waals surface area contributed by atoms with Crippen LogP contribution in [0, 0.1) is 0 Å². The zero-order valence-electron chi connectivity index (χ0n) is 16.5. The lowest BCUT2D eigenvalue weighted by Crippen LogP contribution is -2.40. The van der Waals surface area contributed by atoms with E-state index in [0.717, 1.165) is 31.4 Å². The summed E-state index contributed by atoms with van der Waals surface area (Å²) < 4.78 is 5.71. The highest BCUT2D eigenvalue weighted by molar-refractivity contribution is 5.94. The number of hydrogen-bond donors (Lipinski definition) is 4. The van der Waals surface area contributed by atoms with E-state index in [0.29, 0.717) is 24.5 Å². The summed E-state index contributed by atoms with van der Waals surface area (Å²) in [6.07, 6.45) is 3.70. The Labute approximate surface area is 171 Å². The predicted molar refractivity (Wildman–Crippen MR) is 113 cm³/mol. The molecule has 2 rings (SSSR count). The van der Waals surface area contributed by atoms with E-state index in [2.05, 4.69) is 10.6 Å². The van der Waals surface area contributed by atoms with Crippen LogP contribution in [0.1, 0.15) is 32.1 Å². The number of nitrogens with two attached hydrogens (primary N) is 1. The Hall–Kier alpha value is -2.90. The van der Waals surface area contributed by atoms with Crippen molar-refractivity contribution in [3.8, 4) is 11.5 Å². The smallest absolute Gasteiger partial charge is 0.321 e. The van der Waals surface area contributed by atoms with Crippen LogP contribution in [0.4, 0.5) is 5.69 Å². The van der Waals surface area contributed by atoms with Crippen molar-refractivity contribution >= 4 is 17.6 Å². The molecule has 0 aromatic heterocycles. The van der Waals surface area contributed by atoms with Crippen molar-refractivity contribution in [2.45, 2.75) is 38.1 Å². The van der Waals surface area contributed by atoms with Gasteiger partial charge in [0.15, 0.2) is 0 Å². The molecule has 5 N–H and O–H groups in total. The molecule has 0 fully saturated rings. The van der Waals surface area contributed by atoms with Crippen molar-refractivity contribution in [2.75, 3.05) is 18.4 Å². The van der Waals surface area contributed by atoms with E-state index < -0.39 is 12.0 Å². The fourth-order valence-corrected chi connectivity index (χ4v) is 2.77. The lowest BCUT2D eigenvalue weighted by molar-refractivity contribution is -0.141. The molecule has 0 aliphatic carbocycles. The van der Waals surface area contributed by atoms with E-state index in [1.54, 1.807) is 24.3 Å². The van der Waals surface area contributed by atoms with E-state index >= 15 is 0 Å². The third kappa shape index (κ3) is 8.76. The number of amides is 1. The van der Waals surface area contributed by atoms with Gasteiger partial charge in [-0.1, -0.05) is 31.0 Å². The van der Waals surface area contributed by atoms with Crippen molar-refractivity contribution in [1.29, 1.82) is 0 Å². The van der Waals surface area contributed by atoms with E-state index in [9.17, 15) is 14.7 Å². The maximum absolute atomic E-state index is 12.2. The number of unbranched alkanes of at least 4 members (excludes halogenated alkanes) is 3. The molecular weight excluding hydrogens is 370 g/mol. The van der Waals surface area contributed by atoms with E-state index in [4.69, 9.17) is 10.5 Å². The van der Waals surface area contributed by atoms with Crippen molar-refractivity contribution in [2.24, 2.45) is 5.73 Å². The first-order valence-electron chi connectivity index (χ1n) is 9.87. The molecule has 7 heteroatoms. The van der Waals surface area contributed by atoms with Crippen LogP contribution in [0.15, 0.2) is 54.6 Å². The number of ether oxygens (including phenoxy) is 1. The fraction of sp³-hybridized carbons (Fsp3) is 0.364. The molecule has 0 saturated heterocycles. The molecule has 2 aromatic rings. The molecule has 0 aliphatic heterocycles. The summed E-state index contributed by atoms with van der Waals surface area (Å²) in [6, 6.07) is 15.4. The maximum Gasteiger partial charge on any atom is 0.321 e. The first kappa shape index (κ1) is 22.4. The molecule has 0 aliphatic rings. The number of benzene rings is 2. The van der Waals surface area contributed by atoms with Crippen LogP contribution in [0.5, 0.6) is 11.5 Å². The number of carbonyl (C=O) groups is 2. The number of rotatable bonds is 13. The Bertz CT molecular complexity index is 750. The van der Waals surface area contributed by atoms with Gasteiger partial charge in [-0.15, -0.1) is 0 Å². The summed E-state index contributed by atoms with van der Waals surface area (Å²) in [5.74, 6) is -0.0184. The molecule has 156 valence electrons. The zero-order chi connectivity index (χ0) is 20.9. The molecule has 0 unspecified atom stereocenters. The third-order valence-corrected chi connectivity index (χ3v) is 4.33. The molecule has 7 nitrogen and oxygen atoms in total. The van der Waals surface area contributed by atoms with E-state index in [1.807, 2.05) is 30.3 Å². The quantitative estimate of drug-likeness (QED) is 0.384. The number of anilines is 1. The van der Waals surface area contributed by atoms with Gasteiger partial charge in [0.2, 0.25) is 5.91 Å². The second-order valence-electron chi connectivity index (χ2n) is 6.74. The summed E-state index contributed by atoms with van der Waals surface area (Å²) in [4.78, 5) is 23.6. The minimum atomic E-state index is -1.03. The van der Waals surface area contributed by atoms with Gasteiger partial charge in [-0.2, -0.15) is 0 Å². The molecule has 1 amide bonds. The lowest BCUT2D eigenvalue weighted by atomic mass is 10.1. The van der Waals surface area contributed by atoms with Crippen LogP contribution < -0.4 is 21.1 Å². The number of aliphatic carboxylic acids is 1. The van der Waals surface area contributed by atoms with E-state index in [-0.39, 0.29) is 12.3 Å². The first-order chi connectivity index (χ1) is 14.1. The van der Waals surface area contributed by atoms with Gasteiger partial charge in [0.05, 0.1) is 6.42 Å². The summed E-state index contributed by atoms with van der Waals surface area (Å²) in [5.41, 5.74) is 6.03. The Kier molecular flexibility index (Phi) is 9.68. The third-order valence-electron chi connectivity index (χ3n) is 4.33. The van der Waals surface area contributed by atoms with Crippen molar-refractivity contribution in [3.05, 3.63) is 54.6 Å². The largest absolute Gasteiger partial charge is 0.480 e. The number of carbonyl (C=O) groups excluding carboxylic acids is 1. The van der Waals surface area contributed by atoms with Gasteiger partial charge < -0.3 is 26.2 Å². The predicted octanol–water partition coefficient (Wildman–Crippen LogP) is 3.37. The van der Waals surface area contributed by atoms with Gasteiger partial charge in [-0.05, 0) is 62.3 Å². The Balaban J connectivity index is 1.77. The molecule has 0 saturated carbocycles. The molecule has 1 atom stereocenters. The number of carboxylic acids is 1. The van der Waals surface area contributed by atoms with Crippen LogP contribution in [0.2, 0.25) is 0 Å². The molecule has 0 heterocycles. The highest BCUT2D eigenvalue weighted by Gasteiger charge is 2.20. The Morgan fingerprint density at radius 3 is 2.24 bits per heavy atom. The highest BCUT2D eigenvalue weighted by Crippen LogP contribution is 2.22. The molecule has 0 bridgehead atoms. The SMILES string of the molecule is NCCCCCCN[C@@H](CC(=O)Nc1ccc(Oc2ccccc2)cc1)C(=O)O. The minimum Gasteiger partial charge on any atom is -0.480 e. The Morgan fingerprint density at radius 2 is 1.59 bits per heavy atom. The molecule has 0 radical (unpaired) electrons. The number of hydrogen-bond acceptors (Lipinski definition) is 5. The monoisotopic (exact) mass is 399 g/mol. The van der Waals surface area contributed by atoms with Gasteiger partial charge in [0.1, 0.15) is 17.5 Å². The van der Waals surface area contributed by atoms with Crippen LogP contribution in [-0.4, -0.2) is 36.1 Å². The summed E-state index contributed by atoms with van der Waals surface area (Å²) in [6.45, 7) is 1.23. The second-order valence-corrected chi connectivity index (χ2v) is 6.74. The molecule has 0 spiro atoms. The second kappa shape index (κ2) is 12.5. The average Bonchev–Trinajstić information content (AvgIpc) is 2.72. The van der Waals surface area contributed by atoms with Gasteiger partial charge >= 0.3 is 5.97 Å². The van der Waals surface area contributed by atoms with Crippen LogP contribution in [-0.2, 0) is 9.59 Å². The van der Waals surface area contributed by atoms with Gasteiger partial charge in [0.25, 0.3) is 0 Å². The molecular formula is C22H29N3O4. The number of nitrogens with one attached hydrogen (secondary N) is 2. The standard InChI is InChI=1S/C22H29N3O4/c23-14-6-1-2-7-15-24-20(22(27)28)16-21(26)25-17-10-12-19(13-11-17)29-18-8-4-3-5-9-18/h3-5,8-13,20,24H,1-2,6-7,14-16,23H2,(H,25,26)(H,27,28)/t20-/m0/s1. The van der Waals surface area contributed by atoms with Crippen molar-refractivity contribution in [3.63, 3.8) is 0 Å². The van der Waals surface area contributed by atoms with Crippen LogP contribution in [0.25, 0.3) is 0 Å². The van der Waals surface area contributed by atoms with Gasteiger partial charge in [-0.25, -0.2) is 0 Å². The molecule has 29 heavy (non-hydrogen) atoms. The average molecular weight is 399 g/mol. The normalized spacial score (nSPS) is 11.6. The lowest BCUT2D eigenvalue weighted by Gasteiger charge is -2.14. The molecule has 2 aromatic carbocycles. The number of para-hydroxylation sites is 1.